The van der Waals surface area contributed by atoms with Crippen LogP contribution in [-0.4, -0.2) is 13.0 Å². The summed E-state index contributed by atoms with van der Waals surface area (Å²) in [7, 11) is 1.46. The van der Waals surface area contributed by atoms with Crippen LogP contribution in [0.2, 0.25) is 5.02 Å². The highest BCUT2D eigenvalue weighted by atomic mass is 79.9. The average molecular weight is 373 g/mol. The van der Waals surface area contributed by atoms with E-state index in [1.165, 1.54) is 19.2 Å². The fourth-order valence-corrected chi connectivity index (χ4v) is 2.46. The van der Waals surface area contributed by atoms with Crippen molar-refractivity contribution in [2.24, 2.45) is 0 Å². The molecule has 0 fully saturated rings. The Balaban J connectivity index is 2.34. The van der Waals surface area contributed by atoms with Gasteiger partial charge in [0, 0.05) is 10.7 Å². The lowest BCUT2D eigenvalue weighted by atomic mass is 10.1. The van der Waals surface area contributed by atoms with Crippen LogP contribution in [0.1, 0.15) is 15.9 Å². The minimum Gasteiger partial charge on any atom is -0.496 e. The number of benzene rings is 2. The van der Waals surface area contributed by atoms with Crippen molar-refractivity contribution in [1.29, 1.82) is 0 Å². The second kappa shape index (κ2) is 6.45. The normalized spacial score (nSPS) is 10.3. The lowest BCUT2D eigenvalue weighted by molar-refractivity contribution is 0.102. The summed E-state index contributed by atoms with van der Waals surface area (Å²) in [5.74, 6) is -0.472. The molecule has 0 saturated carbocycles. The maximum absolute atomic E-state index is 13.6. The van der Waals surface area contributed by atoms with Gasteiger partial charge in [0.2, 0.25) is 0 Å². The van der Waals surface area contributed by atoms with Crippen molar-refractivity contribution < 1.29 is 13.9 Å². The molecule has 2 aromatic carbocycles. The number of hydrogen-bond donors (Lipinski definition) is 1. The van der Waals surface area contributed by atoms with Crippen LogP contribution in [0.4, 0.5) is 10.1 Å². The summed E-state index contributed by atoms with van der Waals surface area (Å²) in [4.78, 5) is 12.3. The van der Waals surface area contributed by atoms with Crippen LogP contribution in [0.15, 0.2) is 34.8 Å². The van der Waals surface area contributed by atoms with E-state index in [1.807, 2.05) is 0 Å². The smallest absolute Gasteiger partial charge is 0.259 e. The third-order valence-electron chi connectivity index (χ3n) is 2.92. The molecular formula is C15H12BrClFNO2. The van der Waals surface area contributed by atoms with E-state index < -0.39 is 11.7 Å². The lowest BCUT2D eigenvalue weighted by Gasteiger charge is -2.12. The van der Waals surface area contributed by atoms with Gasteiger partial charge in [-0.15, -0.1) is 0 Å². The minimum atomic E-state index is -0.450. The number of anilines is 1. The number of methoxy groups -OCH3 is 1. The van der Waals surface area contributed by atoms with Crippen molar-refractivity contribution in [1.82, 2.24) is 0 Å². The minimum absolute atomic E-state index is 0.285. The molecule has 2 rings (SSSR count). The highest BCUT2D eigenvalue weighted by molar-refractivity contribution is 9.10. The zero-order valence-corrected chi connectivity index (χ0v) is 13.7. The molecule has 0 spiro atoms. The summed E-state index contributed by atoms with van der Waals surface area (Å²) >= 11 is 8.99. The first-order valence-electron chi connectivity index (χ1n) is 6.03. The molecule has 0 unspecified atom stereocenters. The van der Waals surface area contributed by atoms with Gasteiger partial charge in [-0.2, -0.15) is 0 Å². The van der Waals surface area contributed by atoms with Gasteiger partial charge in [0.05, 0.1) is 17.1 Å². The number of halogens is 3. The second-order valence-corrected chi connectivity index (χ2v) is 5.67. The third kappa shape index (κ3) is 3.54. The Hall–Kier alpha value is -1.59. The van der Waals surface area contributed by atoms with Gasteiger partial charge < -0.3 is 10.1 Å². The van der Waals surface area contributed by atoms with Crippen molar-refractivity contribution >= 4 is 39.1 Å². The van der Waals surface area contributed by atoms with Gasteiger partial charge in [0.25, 0.3) is 5.91 Å². The van der Waals surface area contributed by atoms with Crippen LogP contribution in [-0.2, 0) is 0 Å². The van der Waals surface area contributed by atoms with E-state index in [2.05, 4.69) is 21.2 Å². The first-order valence-corrected chi connectivity index (χ1v) is 7.20. The van der Waals surface area contributed by atoms with Crippen molar-refractivity contribution in [3.05, 3.63) is 56.8 Å². The lowest BCUT2D eigenvalue weighted by Crippen LogP contribution is -2.14. The van der Waals surface area contributed by atoms with E-state index in [9.17, 15) is 9.18 Å². The molecule has 0 saturated heterocycles. The predicted octanol–water partition coefficient (Wildman–Crippen LogP) is 4.81. The molecule has 0 heterocycles. The van der Waals surface area contributed by atoms with E-state index in [0.717, 1.165) is 5.56 Å². The van der Waals surface area contributed by atoms with E-state index >= 15 is 0 Å². The van der Waals surface area contributed by atoms with Crippen LogP contribution in [0.25, 0.3) is 0 Å². The number of carbonyl (C=O) groups excluding carboxylic acids is 1. The molecule has 0 aliphatic rings. The fourth-order valence-electron chi connectivity index (χ4n) is 1.83. The highest BCUT2D eigenvalue weighted by Gasteiger charge is 2.15. The predicted molar refractivity (Wildman–Crippen MR) is 84.8 cm³/mol. The van der Waals surface area contributed by atoms with Gasteiger partial charge >= 0.3 is 0 Å². The molecule has 0 atom stereocenters. The Bertz CT molecular complexity index is 706. The van der Waals surface area contributed by atoms with E-state index in [-0.39, 0.29) is 5.56 Å². The van der Waals surface area contributed by atoms with Gasteiger partial charge in [0.1, 0.15) is 11.6 Å². The Morgan fingerprint density at radius 2 is 2.05 bits per heavy atom. The van der Waals surface area contributed by atoms with E-state index in [4.69, 9.17) is 16.3 Å². The standard InChI is InChI=1S/C15H12BrClFNO2/c1-8-5-11(16)12(18)7-13(8)19-15(20)10-6-9(17)3-4-14(10)21-2/h3-7H,1-2H3,(H,19,20). The molecular weight excluding hydrogens is 361 g/mol. The van der Waals surface area contributed by atoms with Gasteiger partial charge in [-0.1, -0.05) is 11.6 Å². The highest BCUT2D eigenvalue weighted by Crippen LogP contribution is 2.27. The Labute approximate surface area is 135 Å². The Kier molecular flexibility index (Phi) is 4.85. The first-order chi connectivity index (χ1) is 9.92. The van der Waals surface area contributed by atoms with Gasteiger partial charge in [-0.25, -0.2) is 4.39 Å². The summed E-state index contributed by atoms with van der Waals surface area (Å²) in [5, 5.41) is 3.07. The number of amides is 1. The van der Waals surface area contributed by atoms with Gasteiger partial charge in [-0.05, 0) is 58.7 Å². The summed E-state index contributed by atoms with van der Waals surface area (Å²) in [6.07, 6.45) is 0. The topological polar surface area (TPSA) is 38.3 Å². The summed E-state index contributed by atoms with van der Waals surface area (Å²) in [5.41, 5.74) is 1.41. The van der Waals surface area contributed by atoms with Gasteiger partial charge in [0.15, 0.2) is 0 Å². The molecule has 0 aliphatic carbocycles. The maximum Gasteiger partial charge on any atom is 0.259 e. The number of carbonyl (C=O) groups is 1. The number of ether oxygens (including phenoxy) is 1. The first kappa shape index (κ1) is 15.8. The van der Waals surface area contributed by atoms with Crippen LogP contribution in [0, 0.1) is 12.7 Å². The molecule has 0 aliphatic heterocycles. The summed E-state index contributed by atoms with van der Waals surface area (Å²) in [6, 6.07) is 7.59. The van der Waals surface area contributed by atoms with Crippen molar-refractivity contribution in [2.45, 2.75) is 6.92 Å². The molecule has 0 bridgehead atoms. The maximum atomic E-state index is 13.6. The number of hydrogen-bond acceptors (Lipinski definition) is 2. The Morgan fingerprint density at radius 1 is 1.33 bits per heavy atom. The molecule has 6 heteroatoms. The second-order valence-electron chi connectivity index (χ2n) is 4.38. The molecule has 21 heavy (non-hydrogen) atoms. The van der Waals surface area contributed by atoms with Gasteiger partial charge in [-0.3, -0.25) is 4.79 Å². The van der Waals surface area contributed by atoms with Crippen LogP contribution in [0.5, 0.6) is 5.75 Å². The molecule has 1 N–H and O–H groups in total. The molecule has 3 nitrogen and oxygen atoms in total. The number of aryl methyl sites for hydroxylation is 1. The SMILES string of the molecule is COc1ccc(Cl)cc1C(=O)Nc1cc(F)c(Br)cc1C. The van der Waals surface area contributed by atoms with Crippen LogP contribution >= 0.6 is 27.5 Å². The molecule has 0 radical (unpaired) electrons. The van der Waals surface area contributed by atoms with Crippen molar-refractivity contribution in [3.63, 3.8) is 0 Å². The third-order valence-corrected chi connectivity index (χ3v) is 3.76. The van der Waals surface area contributed by atoms with E-state index in [0.29, 0.717) is 20.9 Å². The van der Waals surface area contributed by atoms with Crippen molar-refractivity contribution in [3.8, 4) is 5.75 Å². The average Bonchev–Trinajstić information content (AvgIpc) is 2.44. The number of rotatable bonds is 3. The molecule has 2 aromatic rings. The largest absolute Gasteiger partial charge is 0.496 e. The van der Waals surface area contributed by atoms with Crippen LogP contribution in [0.3, 0.4) is 0 Å². The zero-order chi connectivity index (χ0) is 15.6. The zero-order valence-electron chi connectivity index (χ0n) is 11.3. The molecule has 1 amide bonds. The number of nitrogens with one attached hydrogen (secondary N) is 1. The van der Waals surface area contributed by atoms with E-state index in [1.54, 1.807) is 25.1 Å². The molecule has 0 aromatic heterocycles. The summed E-state index contributed by atoms with van der Waals surface area (Å²) in [6.45, 7) is 1.77. The quantitative estimate of drug-likeness (QED) is 0.839. The van der Waals surface area contributed by atoms with Crippen LogP contribution < -0.4 is 10.1 Å². The molecule has 110 valence electrons. The van der Waals surface area contributed by atoms with Crippen molar-refractivity contribution in [2.75, 3.05) is 12.4 Å². The fraction of sp³-hybridized carbons (Fsp3) is 0.133. The Morgan fingerprint density at radius 3 is 2.71 bits per heavy atom. The monoisotopic (exact) mass is 371 g/mol. The summed E-state index contributed by atoms with van der Waals surface area (Å²) < 4.78 is 19.1.